The van der Waals surface area contributed by atoms with Gasteiger partial charge in [0.2, 0.25) is 0 Å². The van der Waals surface area contributed by atoms with Crippen LogP contribution in [0.15, 0.2) is 53.4 Å². The van der Waals surface area contributed by atoms with Gasteiger partial charge in [-0.2, -0.15) is 0 Å². The van der Waals surface area contributed by atoms with E-state index in [-0.39, 0.29) is 5.91 Å². The zero-order valence-electron chi connectivity index (χ0n) is 10.3. The molecule has 0 aliphatic heterocycles. The van der Waals surface area contributed by atoms with Crippen molar-refractivity contribution in [1.29, 1.82) is 0 Å². The highest BCUT2D eigenvalue weighted by Gasteiger charge is 2.09. The molecule has 98 valence electrons. The molecule has 0 aliphatic rings. The number of hydrogen-bond donors (Lipinski definition) is 3. The summed E-state index contributed by atoms with van der Waals surface area (Å²) in [5.41, 5.74) is 10.1. The lowest BCUT2D eigenvalue weighted by molar-refractivity contribution is 0.0953. The number of hydrazine groups is 1. The maximum absolute atomic E-state index is 11.6. The molecule has 0 saturated carbocycles. The number of carbonyl (C=O) groups excluding carboxylic acids is 1. The highest BCUT2D eigenvalue weighted by Crippen LogP contribution is 2.25. The summed E-state index contributed by atoms with van der Waals surface area (Å²) < 4.78 is 0. The van der Waals surface area contributed by atoms with Gasteiger partial charge in [-0.15, -0.1) is 11.8 Å². The Morgan fingerprint density at radius 1 is 1.11 bits per heavy atom. The molecule has 0 aliphatic carbocycles. The van der Waals surface area contributed by atoms with Crippen molar-refractivity contribution in [1.82, 2.24) is 5.43 Å². The number of hydrogen-bond acceptors (Lipinski definition) is 4. The molecule has 0 radical (unpaired) electrons. The molecule has 1 amide bonds. The minimum absolute atomic E-state index is 0.270. The van der Waals surface area contributed by atoms with Gasteiger partial charge in [0.25, 0.3) is 5.91 Å². The summed E-state index contributed by atoms with van der Waals surface area (Å²) in [6.45, 7) is 0. The van der Waals surface area contributed by atoms with Crippen molar-refractivity contribution >= 4 is 23.4 Å². The molecule has 0 unspecified atom stereocenters. The van der Waals surface area contributed by atoms with Crippen LogP contribution in [-0.4, -0.2) is 5.91 Å². The standard InChI is InChI=1S/C14H15N3OS/c15-11-5-7-12(8-6-11)19-9-10-3-1-2-4-13(10)14(18)17-16/h1-8H,9,15-16H2,(H,17,18). The van der Waals surface area contributed by atoms with Crippen LogP contribution < -0.4 is 17.0 Å². The van der Waals surface area contributed by atoms with Crippen LogP contribution in [0.3, 0.4) is 0 Å². The van der Waals surface area contributed by atoms with Crippen molar-refractivity contribution in [3.8, 4) is 0 Å². The lowest BCUT2D eigenvalue weighted by Crippen LogP contribution is -2.30. The number of nitrogens with one attached hydrogen (secondary N) is 1. The van der Waals surface area contributed by atoms with E-state index in [1.54, 1.807) is 17.8 Å². The van der Waals surface area contributed by atoms with E-state index >= 15 is 0 Å². The fraction of sp³-hybridized carbons (Fsp3) is 0.0714. The van der Waals surface area contributed by atoms with Gasteiger partial charge in [-0.05, 0) is 35.9 Å². The van der Waals surface area contributed by atoms with Crippen LogP contribution in [0.25, 0.3) is 0 Å². The smallest absolute Gasteiger partial charge is 0.265 e. The number of anilines is 1. The third kappa shape index (κ3) is 3.49. The lowest BCUT2D eigenvalue weighted by Gasteiger charge is -2.08. The van der Waals surface area contributed by atoms with Gasteiger partial charge in [0, 0.05) is 21.9 Å². The van der Waals surface area contributed by atoms with Crippen LogP contribution in [0.1, 0.15) is 15.9 Å². The average molecular weight is 273 g/mol. The second-order valence-corrected chi connectivity index (χ2v) is 5.04. The van der Waals surface area contributed by atoms with Crippen molar-refractivity contribution in [3.63, 3.8) is 0 Å². The Bertz CT molecular complexity index is 569. The van der Waals surface area contributed by atoms with Gasteiger partial charge in [0.1, 0.15) is 0 Å². The molecular weight excluding hydrogens is 258 g/mol. The zero-order chi connectivity index (χ0) is 13.7. The van der Waals surface area contributed by atoms with E-state index in [0.717, 1.165) is 16.1 Å². The van der Waals surface area contributed by atoms with Crippen molar-refractivity contribution in [2.75, 3.05) is 5.73 Å². The summed E-state index contributed by atoms with van der Waals surface area (Å²) in [6.07, 6.45) is 0. The van der Waals surface area contributed by atoms with Crippen molar-refractivity contribution in [2.45, 2.75) is 10.6 Å². The predicted molar refractivity (Wildman–Crippen MR) is 78.5 cm³/mol. The Morgan fingerprint density at radius 2 is 1.79 bits per heavy atom. The number of benzene rings is 2. The summed E-state index contributed by atoms with van der Waals surface area (Å²) in [4.78, 5) is 12.7. The molecule has 0 heterocycles. The average Bonchev–Trinajstić information content (AvgIpc) is 2.46. The SMILES string of the molecule is NNC(=O)c1ccccc1CSc1ccc(N)cc1. The quantitative estimate of drug-likeness (QED) is 0.262. The van der Waals surface area contributed by atoms with E-state index in [1.807, 2.05) is 42.5 Å². The molecule has 0 bridgehead atoms. The molecule has 5 N–H and O–H groups in total. The number of rotatable bonds is 4. The van der Waals surface area contributed by atoms with Crippen LogP contribution in [0, 0.1) is 0 Å². The largest absolute Gasteiger partial charge is 0.399 e. The van der Waals surface area contributed by atoms with E-state index in [9.17, 15) is 4.79 Å². The minimum Gasteiger partial charge on any atom is -0.399 e. The van der Waals surface area contributed by atoms with Gasteiger partial charge in [-0.3, -0.25) is 10.2 Å². The van der Waals surface area contributed by atoms with Gasteiger partial charge < -0.3 is 5.73 Å². The first-order valence-corrected chi connectivity index (χ1v) is 6.76. The first-order chi connectivity index (χ1) is 9.20. The Labute approximate surface area is 116 Å². The molecular formula is C14H15N3OS. The Morgan fingerprint density at radius 3 is 2.47 bits per heavy atom. The van der Waals surface area contributed by atoms with E-state index < -0.39 is 0 Å². The molecule has 2 aromatic rings. The Balaban J connectivity index is 2.11. The van der Waals surface area contributed by atoms with Crippen molar-refractivity contribution in [3.05, 3.63) is 59.7 Å². The number of nitrogens with two attached hydrogens (primary N) is 2. The number of thioether (sulfide) groups is 1. The highest BCUT2D eigenvalue weighted by atomic mass is 32.2. The van der Waals surface area contributed by atoms with Crippen LogP contribution in [0.2, 0.25) is 0 Å². The molecule has 4 nitrogen and oxygen atoms in total. The third-order valence-corrected chi connectivity index (χ3v) is 3.73. The molecule has 19 heavy (non-hydrogen) atoms. The fourth-order valence-corrected chi connectivity index (χ4v) is 2.57. The first-order valence-electron chi connectivity index (χ1n) is 5.78. The molecule has 5 heteroatoms. The van der Waals surface area contributed by atoms with Crippen LogP contribution in [-0.2, 0) is 5.75 Å². The van der Waals surface area contributed by atoms with Gasteiger partial charge >= 0.3 is 0 Å². The second-order valence-electron chi connectivity index (χ2n) is 3.99. The predicted octanol–water partition coefficient (Wildman–Crippen LogP) is 2.16. The van der Waals surface area contributed by atoms with Crippen molar-refractivity contribution in [2.24, 2.45) is 5.84 Å². The van der Waals surface area contributed by atoms with E-state index in [2.05, 4.69) is 5.43 Å². The second kappa shape index (κ2) is 6.26. The monoisotopic (exact) mass is 273 g/mol. The molecule has 0 saturated heterocycles. The van der Waals surface area contributed by atoms with Gasteiger partial charge in [0.15, 0.2) is 0 Å². The molecule has 0 aromatic heterocycles. The summed E-state index contributed by atoms with van der Waals surface area (Å²) in [7, 11) is 0. The summed E-state index contributed by atoms with van der Waals surface area (Å²) in [5.74, 6) is 5.61. The third-order valence-electron chi connectivity index (χ3n) is 2.67. The summed E-state index contributed by atoms with van der Waals surface area (Å²) >= 11 is 1.65. The number of nitrogen functional groups attached to an aromatic ring is 2. The zero-order valence-corrected chi connectivity index (χ0v) is 11.1. The highest BCUT2D eigenvalue weighted by molar-refractivity contribution is 7.98. The van der Waals surface area contributed by atoms with E-state index in [1.165, 1.54) is 0 Å². The number of amides is 1. The Kier molecular flexibility index (Phi) is 4.43. The molecule has 2 rings (SSSR count). The number of carbonyl (C=O) groups is 1. The lowest BCUT2D eigenvalue weighted by atomic mass is 10.1. The minimum atomic E-state index is -0.270. The Hall–Kier alpha value is -1.98. The van der Waals surface area contributed by atoms with Gasteiger partial charge in [-0.25, -0.2) is 5.84 Å². The topological polar surface area (TPSA) is 81.1 Å². The first kappa shape index (κ1) is 13.5. The van der Waals surface area contributed by atoms with Crippen molar-refractivity contribution < 1.29 is 4.79 Å². The van der Waals surface area contributed by atoms with Crippen LogP contribution in [0.5, 0.6) is 0 Å². The molecule has 0 spiro atoms. The summed E-state index contributed by atoms with van der Waals surface area (Å²) in [6, 6.07) is 15.1. The van der Waals surface area contributed by atoms with Gasteiger partial charge in [-0.1, -0.05) is 18.2 Å². The molecule has 2 aromatic carbocycles. The van der Waals surface area contributed by atoms with E-state index in [0.29, 0.717) is 11.3 Å². The summed E-state index contributed by atoms with van der Waals surface area (Å²) in [5, 5.41) is 0. The molecule has 0 fully saturated rings. The fourth-order valence-electron chi connectivity index (χ4n) is 1.67. The van der Waals surface area contributed by atoms with Crippen LogP contribution >= 0.6 is 11.8 Å². The maximum Gasteiger partial charge on any atom is 0.265 e. The van der Waals surface area contributed by atoms with Crippen LogP contribution in [0.4, 0.5) is 5.69 Å². The van der Waals surface area contributed by atoms with Gasteiger partial charge in [0.05, 0.1) is 0 Å². The maximum atomic E-state index is 11.6. The molecule has 0 atom stereocenters. The normalized spacial score (nSPS) is 10.2. The van der Waals surface area contributed by atoms with E-state index in [4.69, 9.17) is 11.6 Å².